The number of rotatable bonds is 1. The molecule has 7 aromatic carbocycles. The average Bonchev–Trinajstić information content (AvgIpc) is 1.89. The number of furan rings is 1. The topological polar surface area (TPSA) is 19.6 Å². The molecule has 78 heavy (non-hydrogen) atoms. The number of hydrogen-bond donors (Lipinski definition) is 0. The van der Waals surface area contributed by atoms with Gasteiger partial charge in [0.05, 0.1) is 5.54 Å². The molecule has 4 unspecified atom stereocenters. The molecule has 5 aliphatic carbocycles. The van der Waals surface area contributed by atoms with Crippen molar-refractivity contribution in [2.45, 2.75) is 160 Å². The molecule has 0 radical (unpaired) electrons. The third-order valence-corrected chi connectivity index (χ3v) is 22.6. The van der Waals surface area contributed by atoms with Crippen molar-refractivity contribution in [3.8, 4) is 0 Å². The van der Waals surface area contributed by atoms with Gasteiger partial charge in [0.25, 0.3) is 0 Å². The Morgan fingerprint density at radius 2 is 1.08 bits per heavy atom. The molecule has 0 amide bonds. The van der Waals surface area contributed by atoms with Gasteiger partial charge in [0.15, 0.2) is 0 Å². The number of para-hydroxylation sites is 2. The standard InChI is InChI=1S/C74H73BN2O/c1-41-32-33-72(13)49-29-21-22-30-55(49)77-74(15)62(65-71(11,12)47-27-19-20-28-48(47)73(65,14)61(41)66(72)74)60-63-58(37-44-43-24-16-23-31-59(43)78-64(44)60)76(56-39-51-50(36-42(56)2)67(3,4)34-35-68(51,5)6)57-40-53-52(38-54(57)75(63)77)69(7,8)45-25-17-18-26-46(45)70(53,9)10/h16-33,36-41H,34-35H2,1-15H3. The second-order valence-corrected chi connectivity index (χ2v) is 28.7. The third kappa shape index (κ3) is 5.15. The first kappa shape index (κ1) is 47.2. The summed E-state index contributed by atoms with van der Waals surface area (Å²) in [6.07, 6.45) is 7.50. The van der Waals surface area contributed by atoms with Crippen LogP contribution in [0.2, 0.25) is 0 Å². The second kappa shape index (κ2) is 14.1. The maximum absolute atomic E-state index is 7.64. The lowest BCUT2D eigenvalue weighted by atomic mass is 9.36. The second-order valence-electron chi connectivity index (χ2n) is 28.7. The van der Waals surface area contributed by atoms with Gasteiger partial charge >= 0.3 is 6.85 Å². The number of allylic oxidation sites excluding steroid dienone is 4. The van der Waals surface area contributed by atoms with Crippen LogP contribution in [0.4, 0.5) is 22.7 Å². The van der Waals surface area contributed by atoms with Crippen LogP contribution in [0.5, 0.6) is 0 Å². The molecule has 0 fully saturated rings. The van der Waals surface area contributed by atoms with Gasteiger partial charge in [-0.1, -0.05) is 185 Å². The van der Waals surface area contributed by atoms with Crippen molar-refractivity contribution in [2.75, 3.05) is 9.71 Å². The highest BCUT2D eigenvalue weighted by Gasteiger charge is 2.69. The van der Waals surface area contributed by atoms with E-state index in [0.29, 0.717) is 0 Å². The zero-order valence-corrected chi connectivity index (χ0v) is 48.7. The van der Waals surface area contributed by atoms with Crippen LogP contribution in [0.15, 0.2) is 161 Å². The molecular formula is C74H73BN2O. The van der Waals surface area contributed by atoms with Crippen LogP contribution in [0.25, 0.3) is 27.5 Å². The highest BCUT2D eigenvalue weighted by Crippen LogP contribution is 2.73. The van der Waals surface area contributed by atoms with Gasteiger partial charge in [0, 0.05) is 66.2 Å². The smallest absolute Gasteiger partial charge is 0.329 e. The molecule has 388 valence electrons. The Bertz CT molecular complexity index is 4240. The predicted molar refractivity (Wildman–Crippen MR) is 328 cm³/mol. The molecular weight excluding hydrogens is 944 g/mol. The van der Waals surface area contributed by atoms with E-state index in [9.17, 15) is 0 Å². The van der Waals surface area contributed by atoms with E-state index >= 15 is 0 Å². The van der Waals surface area contributed by atoms with E-state index in [2.05, 4.69) is 253 Å². The molecule has 3 nitrogen and oxygen atoms in total. The zero-order chi connectivity index (χ0) is 54.1. The van der Waals surface area contributed by atoms with Gasteiger partial charge < -0.3 is 14.1 Å². The molecule has 16 rings (SSSR count). The van der Waals surface area contributed by atoms with Crippen molar-refractivity contribution in [1.29, 1.82) is 0 Å². The first-order valence-electron chi connectivity index (χ1n) is 29.3. The summed E-state index contributed by atoms with van der Waals surface area (Å²) in [6.45, 7) is 37.5. The Hall–Kier alpha value is -6.78. The van der Waals surface area contributed by atoms with Crippen molar-refractivity contribution in [3.63, 3.8) is 0 Å². The molecule has 0 N–H and O–H groups in total. The zero-order valence-electron chi connectivity index (χ0n) is 48.7. The first-order chi connectivity index (χ1) is 36.9. The lowest BCUT2D eigenvalue weighted by molar-refractivity contribution is 0.332. The highest BCUT2D eigenvalue weighted by molar-refractivity contribution is 6.93. The lowest BCUT2D eigenvalue weighted by Gasteiger charge is -2.67. The fourth-order valence-corrected chi connectivity index (χ4v) is 18.9. The van der Waals surface area contributed by atoms with Crippen molar-refractivity contribution >= 4 is 68.0 Å². The van der Waals surface area contributed by atoms with E-state index in [4.69, 9.17) is 4.42 Å². The number of fused-ring (bicyclic) bond motifs is 18. The van der Waals surface area contributed by atoms with Gasteiger partial charge in [-0.25, -0.2) is 0 Å². The monoisotopic (exact) mass is 1020 g/mol. The first-order valence-corrected chi connectivity index (χ1v) is 29.3. The summed E-state index contributed by atoms with van der Waals surface area (Å²) in [5, 5.41) is 2.36. The van der Waals surface area contributed by atoms with E-state index in [0.717, 1.165) is 17.6 Å². The average molecular weight is 1020 g/mol. The van der Waals surface area contributed by atoms with E-state index in [-0.39, 0.29) is 45.3 Å². The van der Waals surface area contributed by atoms with E-state index in [1.165, 1.54) is 123 Å². The van der Waals surface area contributed by atoms with Crippen LogP contribution in [0, 0.1) is 12.8 Å². The molecule has 0 saturated carbocycles. The molecule has 8 aliphatic rings. The Labute approximate surface area is 463 Å². The number of nitrogens with zero attached hydrogens (tertiary/aromatic N) is 2. The Morgan fingerprint density at radius 1 is 0.513 bits per heavy atom. The van der Waals surface area contributed by atoms with E-state index in [1.807, 2.05) is 0 Å². The summed E-state index contributed by atoms with van der Waals surface area (Å²) in [7, 11) is 0. The largest absolute Gasteiger partial charge is 0.455 e. The van der Waals surface area contributed by atoms with Gasteiger partial charge in [-0.15, -0.1) is 0 Å². The SMILES string of the molecule is Cc1cc2c(cc1N1c3cc4c(cc3B3c5c1cc1c(oc6ccccc61)c5C1=C5C(C)(C)c6ccccc6C5(C)C5=C6C(C)(C=CC5C)c5ccccc5N3C16C)C(C)(C)c1ccccc1C4(C)C)C(C)(C)CCC2(C)C. The Kier molecular flexibility index (Phi) is 8.57. The summed E-state index contributed by atoms with van der Waals surface area (Å²) in [4.78, 5) is 5.78. The summed E-state index contributed by atoms with van der Waals surface area (Å²) < 4.78 is 7.64. The summed E-state index contributed by atoms with van der Waals surface area (Å²) in [5.41, 5.74) is 29.3. The van der Waals surface area contributed by atoms with Crippen LogP contribution >= 0.6 is 0 Å². The van der Waals surface area contributed by atoms with Gasteiger partial charge in [0.2, 0.25) is 0 Å². The maximum Gasteiger partial charge on any atom is 0.329 e. The van der Waals surface area contributed by atoms with Crippen molar-refractivity contribution in [1.82, 2.24) is 0 Å². The van der Waals surface area contributed by atoms with Crippen LogP contribution in [-0.2, 0) is 37.9 Å². The van der Waals surface area contributed by atoms with E-state index in [1.54, 1.807) is 11.1 Å². The van der Waals surface area contributed by atoms with Crippen molar-refractivity contribution < 1.29 is 4.42 Å². The molecule has 1 aromatic heterocycles. The Balaban J connectivity index is 1.16. The fraction of sp³-hybridized carbons (Fsp3) is 0.351. The van der Waals surface area contributed by atoms with Crippen LogP contribution in [-0.4, -0.2) is 12.4 Å². The molecule has 0 saturated heterocycles. The summed E-state index contributed by atoms with van der Waals surface area (Å²) in [6, 6.07) is 50.5. The van der Waals surface area contributed by atoms with Gasteiger partial charge in [0.1, 0.15) is 11.2 Å². The minimum absolute atomic E-state index is 0.00920. The Morgan fingerprint density at radius 3 is 1.76 bits per heavy atom. The minimum Gasteiger partial charge on any atom is -0.455 e. The molecule has 0 spiro atoms. The predicted octanol–water partition coefficient (Wildman–Crippen LogP) is 17.2. The molecule has 4 atom stereocenters. The van der Waals surface area contributed by atoms with Crippen LogP contribution < -0.4 is 20.6 Å². The molecule has 8 aromatic rings. The minimum atomic E-state index is -0.609. The van der Waals surface area contributed by atoms with Gasteiger partial charge in [-0.3, -0.25) is 0 Å². The van der Waals surface area contributed by atoms with Crippen LogP contribution in [0.3, 0.4) is 0 Å². The maximum atomic E-state index is 7.64. The number of benzene rings is 7. The van der Waals surface area contributed by atoms with Crippen LogP contribution in [0.1, 0.15) is 171 Å². The quantitative estimate of drug-likeness (QED) is 0.121. The van der Waals surface area contributed by atoms with Gasteiger partial charge in [-0.2, -0.15) is 0 Å². The number of anilines is 4. The van der Waals surface area contributed by atoms with E-state index < -0.39 is 11.0 Å². The molecule has 4 heterocycles. The van der Waals surface area contributed by atoms with Gasteiger partial charge in [-0.05, 0) is 176 Å². The molecule has 4 heteroatoms. The number of hydrogen-bond acceptors (Lipinski definition) is 3. The fourth-order valence-electron chi connectivity index (χ4n) is 18.9. The normalized spacial score (nSPS) is 26.9. The summed E-state index contributed by atoms with van der Waals surface area (Å²) in [5.74, 6) is 0.213. The number of aryl methyl sites for hydroxylation is 1. The lowest BCUT2D eigenvalue weighted by Crippen LogP contribution is -2.76. The molecule has 0 bridgehead atoms. The molecule has 3 aliphatic heterocycles. The van der Waals surface area contributed by atoms with Crippen molar-refractivity contribution in [2.24, 2.45) is 5.92 Å². The summed E-state index contributed by atoms with van der Waals surface area (Å²) >= 11 is 0. The van der Waals surface area contributed by atoms with Crippen molar-refractivity contribution in [3.05, 3.63) is 217 Å². The third-order valence-electron chi connectivity index (χ3n) is 22.6. The highest BCUT2D eigenvalue weighted by atomic mass is 16.3.